The molecule has 0 saturated carbocycles. The Morgan fingerprint density at radius 1 is 1.21 bits per heavy atom. The summed E-state index contributed by atoms with van der Waals surface area (Å²) in [6.07, 6.45) is 0. The highest BCUT2D eigenvalue weighted by Gasteiger charge is 2.24. The first kappa shape index (κ1) is 19.5. The number of anilines is 1. The molecule has 6 nitrogen and oxygen atoms in total. The summed E-state index contributed by atoms with van der Waals surface area (Å²) < 4.78 is 10.9. The lowest BCUT2D eigenvalue weighted by Gasteiger charge is -2.15. The molecule has 0 aliphatic carbocycles. The van der Waals surface area contributed by atoms with E-state index in [2.05, 4.69) is 15.5 Å². The van der Waals surface area contributed by atoms with E-state index in [0.717, 1.165) is 21.9 Å². The molecule has 8 heteroatoms. The van der Waals surface area contributed by atoms with Crippen LogP contribution in [0.25, 0.3) is 10.8 Å². The quantitative estimate of drug-likeness (QED) is 0.414. The third kappa shape index (κ3) is 4.60. The number of hydrogen-bond acceptors (Lipinski definition) is 7. The van der Waals surface area contributed by atoms with Crippen molar-refractivity contribution in [3.8, 4) is 10.8 Å². The lowest BCUT2D eigenvalue weighted by molar-refractivity contribution is -0.115. The van der Waals surface area contributed by atoms with E-state index in [1.807, 2.05) is 54.8 Å². The van der Waals surface area contributed by atoms with E-state index >= 15 is 0 Å². The molecule has 3 heterocycles. The second-order valence-electron chi connectivity index (χ2n) is 6.41. The highest BCUT2D eigenvalue weighted by Crippen LogP contribution is 2.35. The molecule has 1 N–H and O–H groups in total. The van der Waals surface area contributed by atoms with Crippen LogP contribution >= 0.6 is 23.1 Å². The number of carbonyl (C=O) groups excluding carboxylic acids is 1. The number of nitrogens with one attached hydrogen (secondary N) is 1. The van der Waals surface area contributed by atoms with Gasteiger partial charge in [0, 0.05) is 11.8 Å². The first-order valence-electron chi connectivity index (χ1n) is 9.01. The number of aryl methyl sites for hydroxylation is 2. The number of benzene rings is 1. The van der Waals surface area contributed by atoms with Crippen molar-refractivity contribution < 1.29 is 13.7 Å². The Morgan fingerprint density at radius 2 is 2.03 bits per heavy atom. The van der Waals surface area contributed by atoms with Crippen LogP contribution in [0.2, 0.25) is 0 Å². The molecule has 4 rings (SSSR count). The zero-order valence-electron chi connectivity index (χ0n) is 15.9. The van der Waals surface area contributed by atoms with Gasteiger partial charge in [0.1, 0.15) is 16.8 Å². The molecule has 0 bridgehead atoms. The number of nitrogens with zero attached hydrogens (tertiary/aromatic N) is 2. The van der Waals surface area contributed by atoms with Crippen molar-refractivity contribution >= 4 is 34.8 Å². The van der Waals surface area contributed by atoms with Crippen molar-refractivity contribution in [1.82, 2.24) is 10.1 Å². The molecule has 1 aromatic carbocycles. The van der Waals surface area contributed by atoms with E-state index in [-0.39, 0.29) is 5.91 Å². The minimum Gasteiger partial charge on any atom is -0.440 e. The Labute approximate surface area is 176 Å². The molecule has 0 spiro atoms. The van der Waals surface area contributed by atoms with Crippen molar-refractivity contribution in [2.45, 2.75) is 24.9 Å². The van der Waals surface area contributed by atoms with Crippen LogP contribution in [0.1, 0.15) is 28.0 Å². The maximum Gasteiger partial charge on any atom is 0.243 e. The Morgan fingerprint density at radius 3 is 2.72 bits per heavy atom. The maximum absolute atomic E-state index is 13.0. The molecule has 4 aromatic rings. The minimum atomic E-state index is -0.422. The van der Waals surface area contributed by atoms with Gasteiger partial charge in [-0.1, -0.05) is 41.6 Å². The molecule has 0 aliphatic rings. The highest BCUT2D eigenvalue weighted by molar-refractivity contribution is 7.99. The average molecular weight is 426 g/mol. The number of rotatable bonds is 7. The van der Waals surface area contributed by atoms with Crippen LogP contribution in [0.5, 0.6) is 0 Å². The van der Waals surface area contributed by atoms with Crippen LogP contribution in [0, 0.1) is 13.8 Å². The van der Waals surface area contributed by atoms with Crippen molar-refractivity contribution in [2.75, 3.05) is 5.32 Å². The first-order chi connectivity index (χ1) is 14.1. The van der Waals surface area contributed by atoms with E-state index in [1.54, 1.807) is 24.3 Å². The van der Waals surface area contributed by atoms with Crippen LogP contribution in [-0.4, -0.2) is 16.0 Å². The van der Waals surface area contributed by atoms with Gasteiger partial charge in [-0.25, -0.2) is 4.98 Å². The summed E-state index contributed by atoms with van der Waals surface area (Å²) >= 11 is 3.08. The van der Waals surface area contributed by atoms with Crippen LogP contribution in [-0.2, 0) is 10.5 Å². The summed E-state index contributed by atoms with van der Waals surface area (Å²) in [4.78, 5) is 18.6. The summed E-state index contributed by atoms with van der Waals surface area (Å²) in [6.45, 7) is 3.68. The van der Waals surface area contributed by atoms with Gasteiger partial charge in [-0.05, 0) is 30.9 Å². The molecule has 3 aromatic heterocycles. The topological polar surface area (TPSA) is 81.2 Å². The van der Waals surface area contributed by atoms with E-state index in [0.29, 0.717) is 23.2 Å². The number of hydrogen-bond donors (Lipinski definition) is 1. The standard InChI is InChI=1S/C21H19N3O3S2/c1-13-11-18(24-27-13)23-20(25)19(15-7-4-3-5-8-15)29-12-16-14(2)26-21(22-16)17-9-6-10-28-17/h3-11,19H,12H2,1-2H3,(H,23,24,25). The Kier molecular flexibility index (Phi) is 5.82. The van der Waals surface area contributed by atoms with Crippen LogP contribution in [0.15, 0.2) is 62.9 Å². The summed E-state index contributed by atoms with van der Waals surface area (Å²) in [7, 11) is 0. The second-order valence-corrected chi connectivity index (χ2v) is 8.45. The molecule has 1 amide bonds. The smallest absolute Gasteiger partial charge is 0.243 e. The lowest BCUT2D eigenvalue weighted by Crippen LogP contribution is -2.19. The van der Waals surface area contributed by atoms with Gasteiger partial charge in [0.25, 0.3) is 0 Å². The fraction of sp³-hybridized carbons (Fsp3) is 0.190. The van der Waals surface area contributed by atoms with Gasteiger partial charge in [-0.15, -0.1) is 23.1 Å². The number of oxazole rings is 1. The van der Waals surface area contributed by atoms with Crippen LogP contribution in [0.3, 0.4) is 0 Å². The van der Waals surface area contributed by atoms with Crippen molar-refractivity contribution in [3.05, 3.63) is 76.7 Å². The third-order valence-electron chi connectivity index (χ3n) is 4.23. The summed E-state index contributed by atoms with van der Waals surface area (Å²) in [5.74, 6) is 2.82. The molecular weight excluding hydrogens is 406 g/mol. The summed E-state index contributed by atoms with van der Waals surface area (Å²) in [5, 5.41) is 8.26. The minimum absolute atomic E-state index is 0.158. The molecule has 0 fully saturated rings. The second kappa shape index (κ2) is 8.67. The average Bonchev–Trinajstić information content (AvgIpc) is 3.45. The van der Waals surface area contributed by atoms with Gasteiger partial charge in [-0.3, -0.25) is 4.79 Å². The molecule has 148 valence electrons. The molecule has 29 heavy (non-hydrogen) atoms. The number of carbonyl (C=O) groups is 1. The third-order valence-corrected chi connectivity index (χ3v) is 6.35. The van der Waals surface area contributed by atoms with E-state index in [9.17, 15) is 4.79 Å². The lowest BCUT2D eigenvalue weighted by atomic mass is 10.1. The summed E-state index contributed by atoms with van der Waals surface area (Å²) in [6, 6.07) is 15.3. The number of amides is 1. The van der Waals surface area contributed by atoms with Gasteiger partial charge >= 0.3 is 0 Å². The predicted molar refractivity (Wildman–Crippen MR) is 115 cm³/mol. The first-order valence-corrected chi connectivity index (χ1v) is 10.9. The Balaban J connectivity index is 1.52. The maximum atomic E-state index is 13.0. The molecular formula is C21H19N3O3S2. The number of thioether (sulfide) groups is 1. The SMILES string of the molecule is Cc1cc(NC(=O)C(SCc2nc(-c3cccs3)oc2C)c2ccccc2)no1. The zero-order chi connectivity index (χ0) is 20.2. The van der Waals surface area contributed by atoms with E-state index in [1.165, 1.54) is 11.8 Å². The van der Waals surface area contributed by atoms with Gasteiger partial charge in [0.05, 0.1) is 10.6 Å². The number of thiophene rings is 1. The monoisotopic (exact) mass is 425 g/mol. The van der Waals surface area contributed by atoms with Crippen molar-refractivity contribution in [3.63, 3.8) is 0 Å². The van der Waals surface area contributed by atoms with Crippen LogP contribution in [0.4, 0.5) is 5.82 Å². The highest BCUT2D eigenvalue weighted by atomic mass is 32.2. The fourth-order valence-corrected chi connectivity index (χ4v) is 4.60. The van der Waals surface area contributed by atoms with Gasteiger partial charge in [0.15, 0.2) is 5.82 Å². The van der Waals surface area contributed by atoms with Gasteiger partial charge in [0.2, 0.25) is 11.8 Å². The Hall–Kier alpha value is -2.84. The summed E-state index contributed by atoms with van der Waals surface area (Å²) in [5.41, 5.74) is 1.75. The van der Waals surface area contributed by atoms with E-state index in [4.69, 9.17) is 8.94 Å². The molecule has 1 atom stereocenters. The molecule has 0 aliphatic heterocycles. The molecule has 1 unspecified atom stereocenters. The van der Waals surface area contributed by atoms with Crippen LogP contribution < -0.4 is 5.32 Å². The number of aromatic nitrogens is 2. The predicted octanol–water partition coefficient (Wildman–Crippen LogP) is 5.62. The Bertz CT molecular complexity index is 1090. The van der Waals surface area contributed by atoms with Crippen molar-refractivity contribution in [2.24, 2.45) is 0 Å². The van der Waals surface area contributed by atoms with Crippen molar-refractivity contribution in [1.29, 1.82) is 0 Å². The zero-order valence-corrected chi connectivity index (χ0v) is 17.5. The van der Waals surface area contributed by atoms with Gasteiger partial charge < -0.3 is 14.3 Å². The van der Waals surface area contributed by atoms with Gasteiger partial charge in [-0.2, -0.15) is 0 Å². The fourth-order valence-electron chi connectivity index (χ4n) is 2.80. The normalized spacial score (nSPS) is 12.1. The largest absolute Gasteiger partial charge is 0.440 e. The molecule has 0 radical (unpaired) electrons. The molecule has 0 saturated heterocycles. The van der Waals surface area contributed by atoms with E-state index < -0.39 is 5.25 Å².